The van der Waals surface area contributed by atoms with E-state index in [-0.39, 0.29) is 30.3 Å². The van der Waals surface area contributed by atoms with E-state index in [1.165, 1.54) is 26.4 Å². The lowest BCUT2D eigenvalue weighted by molar-refractivity contribution is 0.114. The topological polar surface area (TPSA) is 116 Å². The second-order valence-corrected chi connectivity index (χ2v) is 14.7. The van der Waals surface area contributed by atoms with Crippen LogP contribution in [0, 0.1) is 5.82 Å². The van der Waals surface area contributed by atoms with Gasteiger partial charge in [0.05, 0.1) is 17.3 Å². The van der Waals surface area contributed by atoms with Crippen molar-refractivity contribution in [2.24, 2.45) is 0 Å². The Morgan fingerprint density at radius 3 is 2.10 bits per heavy atom. The van der Waals surface area contributed by atoms with E-state index in [2.05, 4.69) is 0 Å². The molecule has 0 saturated carbocycles. The van der Waals surface area contributed by atoms with Gasteiger partial charge < -0.3 is 33.1 Å². The number of benzene rings is 4. The summed E-state index contributed by atoms with van der Waals surface area (Å²) in [6, 6.07) is 29.1. The Kier molecular flexibility index (Phi) is 10.2. The summed E-state index contributed by atoms with van der Waals surface area (Å²) in [6.07, 6.45) is 2.28. The van der Waals surface area contributed by atoms with Gasteiger partial charge in [0, 0.05) is 58.2 Å². The maximum atomic E-state index is 13.8. The first-order valence-corrected chi connectivity index (χ1v) is 18.5. The predicted octanol–water partition coefficient (Wildman–Crippen LogP) is 7.81. The first-order valence-electron chi connectivity index (χ1n) is 16.8. The van der Waals surface area contributed by atoms with E-state index in [1.54, 1.807) is 46.1 Å². The second-order valence-electron chi connectivity index (χ2n) is 12.5. The van der Waals surface area contributed by atoms with E-state index in [4.69, 9.17) is 23.5 Å². The third-order valence-electron chi connectivity index (χ3n) is 9.24. The molecule has 2 aromatic heterocycles. The fourth-order valence-corrected chi connectivity index (χ4v) is 7.62. The Morgan fingerprint density at radius 2 is 1.48 bits per heavy atom. The molecule has 0 radical (unpaired) electrons. The molecule has 0 atom stereocenters. The molecule has 1 fully saturated rings. The number of aromatic hydroxyl groups is 1. The third kappa shape index (κ3) is 7.24. The van der Waals surface area contributed by atoms with Crippen molar-refractivity contribution in [1.82, 2.24) is 19.4 Å². The van der Waals surface area contributed by atoms with Gasteiger partial charge in [-0.25, -0.2) is 9.18 Å². The summed E-state index contributed by atoms with van der Waals surface area (Å²) >= 11 is 0. The molecule has 0 bridgehead atoms. The van der Waals surface area contributed by atoms with Crippen LogP contribution in [0.15, 0.2) is 109 Å². The minimum atomic E-state index is -3.26. The van der Waals surface area contributed by atoms with Crippen LogP contribution in [-0.4, -0.2) is 77.2 Å². The number of amides is 1. The Labute approximate surface area is 300 Å². The zero-order chi connectivity index (χ0) is 36.2. The number of piperazine rings is 1. The van der Waals surface area contributed by atoms with E-state index in [0.29, 0.717) is 53.6 Å². The van der Waals surface area contributed by atoms with Gasteiger partial charge in [-0.1, -0.05) is 72.8 Å². The molecule has 3 heterocycles. The lowest BCUT2D eigenvalue weighted by atomic mass is 10.0. The van der Waals surface area contributed by atoms with E-state index < -0.39 is 19.8 Å². The highest BCUT2D eigenvalue weighted by molar-refractivity contribution is 7.53. The summed E-state index contributed by atoms with van der Waals surface area (Å²) in [4.78, 5) is 22.0. The van der Waals surface area contributed by atoms with Gasteiger partial charge in [-0.15, -0.1) is 0 Å². The van der Waals surface area contributed by atoms with Crippen LogP contribution in [0.2, 0.25) is 0 Å². The first kappa shape index (κ1) is 35.2. The smallest absolute Gasteiger partial charge is 0.415 e. The standard InChI is InChI=1S/C39H38FN4O7P/c1-48-52(47,49-2)26-42-20-22-43(23-21-42)39(46)51-36-31-14-9-19-41-34(31)37(50-35(28-10-5-3-6-11-28)29-12-7-4-8-13-29)33-32(36)25-44(38(33)45)24-27-15-17-30(40)18-16-27/h3-19,25,35,45H,20-24,26H2,1-2H3. The van der Waals surface area contributed by atoms with Crippen molar-refractivity contribution < 1.29 is 37.4 Å². The number of rotatable bonds is 11. The number of nitrogens with zero attached hydrogens (tertiary/aromatic N) is 4. The van der Waals surface area contributed by atoms with Crippen LogP contribution in [0.1, 0.15) is 22.8 Å². The monoisotopic (exact) mass is 724 g/mol. The number of ether oxygens (including phenoxy) is 2. The number of pyridine rings is 1. The highest BCUT2D eigenvalue weighted by atomic mass is 31.2. The van der Waals surface area contributed by atoms with Crippen LogP contribution in [0.25, 0.3) is 21.7 Å². The minimum Gasteiger partial charge on any atom is -0.494 e. The van der Waals surface area contributed by atoms with E-state index in [1.807, 2.05) is 65.6 Å². The molecule has 52 heavy (non-hydrogen) atoms. The highest BCUT2D eigenvalue weighted by Gasteiger charge is 2.32. The molecule has 7 rings (SSSR count). The average Bonchev–Trinajstić information content (AvgIpc) is 3.51. The molecule has 1 aliphatic rings. The fraction of sp³-hybridized carbons (Fsp3) is 0.231. The zero-order valence-corrected chi connectivity index (χ0v) is 29.6. The lowest BCUT2D eigenvalue weighted by Gasteiger charge is -2.34. The molecular formula is C39H38FN4O7P. The largest absolute Gasteiger partial charge is 0.494 e. The van der Waals surface area contributed by atoms with Gasteiger partial charge in [-0.3, -0.25) is 14.4 Å². The third-order valence-corrected chi connectivity index (χ3v) is 11.1. The number of fused-ring (bicyclic) bond motifs is 2. The van der Waals surface area contributed by atoms with Gasteiger partial charge in [-0.2, -0.15) is 0 Å². The molecular weight excluding hydrogens is 686 g/mol. The maximum absolute atomic E-state index is 13.8. The van der Waals surface area contributed by atoms with Gasteiger partial charge >= 0.3 is 13.7 Å². The van der Waals surface area contributed by atoms with Gasteiger partial charge in [0.2, 0.25) is 5.88 Å². The fourth-order valence-electron chi connectivity index (χ4n) is 6.47. The van der Waals surface area contributed by atoms with Crippen molar-refractivity contribution in [1.29, 1.82) is 0 Å². The van der Waals surface area contributed by atoms with Crippen molar-refractivity contribution in [3.8, 4) is 17.4 Å². The minimum absolute atomic E-state index is 0.106. The van der Waals surface area contributed by atoms with E-state index >= 15 is 0 Å². The summed E-state index contributed by atoms with van der Waals surface area (Å²) in [5.41, 5.74) is 2.91. The zero-order valence-electron chi connectivity index (χ0n) is 28.7. The van der Waals surface area contributed by atoms with Crippen LogP contribution in [0.5, 0.6) is 17.4 Å². The molecule has 1 saturated heterocycles. The molecule has 1 N–H and O–H groups in total. The molecule has 1 amide bonds. The summed E-state index contributed by atoms with van der Waals surface area (Å²) in [6.45, 7) is 1.71. The average molecular weight is 725 g/mol. The summed E-state index contributed by atoms with van der Waals surface area (Å²) in [7, 11) is -0.561. The van der Waals surface area contributed by atoms with Crippen molar-refractivity contribution in [3.63, 3.8) is 0 Å². The van der Waals surface area contributed by atoms with Crippen LogP contribution in [-0.2, 0) is 20.2 Å². The first-order chi connectivity index (χ1) is 25.3. The summed E-state index contributed by atoms with van der Waals surface area (Å²) in [5.74, 6) is 0.0272. The predicted molar refractivity (Wildman–Crippen MR) is 195 cm³/mol. The normalized spacial score (nSPS) is 14.0. The Balaban J connectivity index is 1.31. The molecule has 0 aliphatic carbocycles. The molecule has 1 aliphatic heterocycles. The van der Waals surface area contributed by atoms with E-state index in [0.717, 1.165) is 16.7 Å². The summed E-state index contributed by atoms with van der Waals surface area (Å²) in [5, 5.41) is 13.2. The van der Waals surface area contributed by atoms with Crippen LogP contribution in [0.3, 0.4) is 0 Å². The Morgan fingerprint density at radius 1 is 0.846 bits per heavy atom. The molecule has 13 heteroatoms. The second kappa shape index (κ2) is 15.1. The van der Waals surface area contributed by atoms with Crippen molar-refractivity contribution >= 4 is 35.4 Å². The molecule has 11 nitrogen and oxygen atoms in total. The highest BCUT2D eigenvalue weighted by Crippen LogP contribution is 2.49. The van der Waals surface area contributed by atoms with Gasteiger partial charge in [0.15, 0.2) is 11.5 Å². The van der Waals surface area contributed by atoms with Crippen LogP contribution >= 0.6 is 7.60 Å². The quantitative estimate of drug-likeness (QED) is 0.134. The van der Waals surface area contributed by atoms with Gasteiger partial charge in [-0.05, 0) is 41.0 Å². The maximum Gasteiger partial charge on any atom is 0.415 e. The number of hydrogen-bond donors (Lipinski definition) is 1. The molecule has 0 unspecified atom stereocenters. The number of aromatic nitrogens is 2. The summed E-state index contributed by atoms with van der Waals surface area (Å²) < 4.78 is 51.4. The number of carbonyl (C=O) groups is 1. The molecule has 6 aromatic rings. The lowest BCUT2D eigenvalue weighted by Crippen LogP contribution is -2.49. The van der Waals surface area contributed by atoms with Crippen LogP contribution < -0.4 is 9.47 Å². The van der Waals surface area contributed by atoms with Crippen molar-refractivity contribution in [2.75, 3.05) is 46.7 Å². The van der Waals surface area contributed by atoms with Crippen LogP contribution in [0.4, 0.5) is 9.18 Å². The van der Waals surface area contributed by atoms with E-state index in [9.17, 15) is 18.9 Å². The van der Waals surface area contributed by atoms with Crippen molar-refractivity contribution in [3.05, 3.63) is 132 Å². The number of carbonyl (C=O) groups excluding carboxylic acids is 1. The Hall–Kier alpha value is -5.26. The van der Waals surface area contributed by atoms with Gasteiger partial charge in [0.1, 0.15) is 23.7 Å². The Bertz CT molecular complexity index is 2180. The molecule has 4 aromatic carbocycles. The molecule has 268 valence electrons. The van der Waals surface area contributed by atoms with Gasteiger partial charge in [0.25, 0.3) is 0 Å². The van der Waals surface area contributed by atoms with Crippen molar-refractivity contribution in [2.45, 2.75) is 12.6 Å². The molecule has 0 spiro atoms. The number of hydrogen-bond acceptors (Lipinski definition) is 9. The number of halogens is 1. The SMILES string of the molecule is COP(=O)(CN1CCN(C(=O)Oc2c3cccnc3c(OC(c3ccccc3)c3ccccc3)c3c(O)n(Cc4ccc(F)cc4)cc23)CC1)OC.